The summed E-state index contributed by atoms with van der Waals surface area (Å²) in [7, 11) is 0. The van der Waals surface area contributed by atoms with E-state index in [1.54, 1.807) is 0 Å². The van der Waals surface area contributed by atoms with Crippen molar-refractivity contribution in [3.05, 3.63) is 66.9 Å². The normalized spacial score (nSPS) is 12.4. The first-order valence-corrected chi connectivity index (χ1v) is 7.62. The van der Waals surface area contributed by atoms with Crippen molar-refractivity contribution in [3.63, 3.8) is 0 Å². The van der Waals surface area contributed by atoms with Crippen molar-refractivity contribution in [1.29, 1.82) is 0 Å². The molecule has 3 rings (SSSR count). The third-order valence-electron chi connectivity index (χ3n) is 3.59. The fourth-order valence-corrected chi connectivity index (χ4v) is 2.49. The van der Waals surface area contributed by atoms with E-state index in [2.05, 4.69) is 33.9 Å². The SMILES string of the molecule is CC(CNCc1ccc(-c2ccccc2)o1)Cn1ccnc1. The van der Waals surface area contributed by atoms with Gasteiger partial charge in [-0.05, 0) is 24.6 Å². The third-order valence-corrected chi connectivity index (χ3v) is 3.59. The summed E-state index contributed by atoms with van der Waals surface area (Å²) in [4.78, 5) is 4.06. The molecule has 0 saturated heterocycles. The average molecular weight is 295 g/mol. The fourth-order valence-electron chi connectivity index (χ4n) is 2.49. The lowest BCUT2D eigenvalue weighted by Crippen LogP contribution is -2.23. The molecule has 2 heterocycles. The molecule has 4 nitrogen and oxygen atoms in total. The highest BCUT2D eigenvalue weighted by molar-refractivity contribution is 5.57. The summed E-state index contributed by atoms with van der Waals surface area (Å²) in [6, 6.07) is 14.2. The van der Waals surface area contributed by atoms with Gasteiger partial charge in [0.2, 0.25) is 0 Å². The van der Waals surface area contributed by atoms with Gasteiger partial charge in [0.25, 0.3) is 0 Å². The summed E-state index contributed by atoms with van der Waals surface area (Å²) in [6.07, 6.45) is 5.67. The van der Waals surface area contributed by atoms with Crippen LogP contribution in [-0.4, -0.2) is 16.1 Å². The van der Waals surface area contributed by atoms with E-state index in [1.165, 1.54) is 0 Å². The number of rotatable bonds is 7. The number of nitrogens with one attached hydrogen (secondary N) is 1. The molecule has 1 aromatic carbocycles. The fraction of sp³-hybridized carbons (Fsp3) is 0.278. The minimum absolute atomic E-state index is 0.540. The van der Waals surface area contributed by atoms with Crippen molar-refractivity contribution in [2.24, 2.45) is 5.92 Å². The highest BCUT2D eigenvalue weighted by Crippen LogP contribution is 2.21. The molecule has 3 aromatic rings. The van der Waals surface area contributed by atoms with Gasteiger partial charge in [0.1, 0.15) is 11.5 Å². The molecule has 0 fully saturated rings. The Morgan fingerprint density at radius 1 is 1.18 bits per heavy atom. The van der Waals surface area contributed by atoms with Crippen LogP contribution in [-0.2, 0) is 13.1 Å². The van der Waals surface area contributed by atoms with Gasteiger partial charge >= 0.3 is 0 Å². The molecule has 0 spiro atoms. The van der Waals surface area contributed by atoms with E-state index in [0.29, 0.717) is 5.92 Å². The van der Waals surface area contributed by atoms with Gasteiger partial charge < -0.3 is 14.3 Å². The topological polar surface area (TPSA) is 43.0 Å². The summed E-state index contributed by atoms with van der Waals surface area (Å²) in [5, 5.41) is 3.45. The first kappa shape index (κ1) is 14.6. The van der Waals surface area contributed by atoms with Crippen LogP contribution in [0.15, 0.2) is 65.6 Å². The smallest absolute Gasteiger partial charge is 0.134 e. The number of hydrogen-bond donors (Lipinski definition) is 1. The molecule has 0 aliphatic carbocycles. The molecule has 1 unspecified atom stereocenters. The average Bonchev–Trinajstić information content (AvgIpc) is 3.20. The van der Waals surface area contributed by atoms with Crippen molar-refractivity contribution in [2.45, 2.75) is 20.0 Å². The van der Waals surface area contributed by atoms with Gasteiger partial charge in [0.15, 0.2) is 0 Å². The Morgan fingerprint density at radius 2 is 2.05 bits per heavy atom. The summed E-state index contributed by atoms with van der Waals surface area (Å²) < 4.78 is 7.98. The first-order valence-electron chi connectivity index (χ1n) is 7.62. The number of furan rings is 1. The van der Waals surface area contributed by atoms with Crippen LogP contribution in [0.25, 0.3) is 11.3 Å². The first-order chi connectivity index (χ1) is 10.8. The molecule has 4 heteroatoms. The zero-order valence-corrected chi connectivity index (χ0v) is 12.8. The van der Waals surface area contributed by atoms with Crippen molar-refractivity contribution in [3.8, 4) is 11.3 Å². The third kappa shape index (κ3) is 3.86. The van der Waals surface area contributed by atoms with E-state index < -0.39 is 0 Å². The van der Waals surface area contributed by atoms with E-state index >= 15 is 0 Å². The highest BCUT2D eigenvalue weighted by atomic mass is 16.3. The van der Waals surface area contributed by atoms with E-state index in [9.17, 15) is 0 Å². The second kappa shape index (κ2) is 7.09. The summed E-state index contributed by atoms with van der Waals surface area (Å²) in [5.74, 6) is 2.43. The molecule has 0 aliphatic heterocycles. The Bertz CT molecular complexity index is 673. The minimum Gasteiger partial charge on any atom is -0.460 e. The molecule has 1 N–H and O–H groups in total. The Kier molecular flexibility index (Phi) is 4.71. The molecule has 0 aliphatic rings. The molecule has 114 valence electrons. The van der Waals surface area contributed by atoms with Gasteiger partial charge in [0, 0.05) is 24.5 Å². The van der Waals surface area contributed by atoms with E-state index in [1.807, 2.05) is 49.1 Å². The zero-order chi connectivity index (χ0) is 15.2. The van der Waals surface area contributed by atoms with Gasteiger partial charge in [-0.2, -0.15) is 0 Å². The van der Waals surface area contributed by atoms with Crippen molar-refractivity contribution < 1.29 is 4.42 Å². The van der Waals surface area contributed by atoms with Crippen LogP contribution < -0.4 is 5.32 Å². The second-order valence-electron chi connectivity index (χ2n) is 5.63. The van der Waals surface area contributed by atoms with Gasteiger partial charge in [-0.1, -0.05) is 37.3 Å². The molecular weight excluding hydrogens is 274 g/mol. The number of aromatic nitrogens is 2. The van der Waals surface area contributed by atoms with Crippen molar-refractivity contribution in [2.75, 3.05) is 6.54 Å². The van der Waals surface area contributed by atoms with Gasteiger partial charge in [-0.3, -0.25) is 0 Å². The lowest BCUT2D eigenvalue weighted by molar-refractivity contribution is 0.423. The standard InChI is InChI=1S/C18H21N3O/c1-15(13-21-10-9-19-14-21)11-20-12-17-7-8-18(22-17)16-5-3-2-4-6-16/h2-10,14-15,20H,11-13H2,1H3. The van der Waals surface area contributed by atoms with E-state index in [4.69, 9.17) is 4.42 Å². The van der Waals surface area contributed by atoms with Gasteiger partial charge in [0.05, 0.1) is 12.9 Å². The molecule has 0 radical (unpaired) electrons. The molecular formula is C18H21N3O. The summed E-state index contributed by atoms with van der Waals surface area (Å²) in [5.41, 5.74) is 1.11. The van der Waals surface area contributed by atoms with E-state index in [0.717, 1.165) is 36.7 Å². The Labute approximate surface area is 130 Å². The minimum atomic E-state index is 0.540. The van der Waals surface area contributed by atoms with Crippen molar-refractivity contribution in [1.82, 2.24) is 14.9 Å². The monoisotopic (exact) mass is 295 g/mol. The Balaban J connectivity index is 1.47. The quantitative estimate of drug-likeness (QED) is 0.724. The van der Waals surface area contributed by atoms with Crippen LogP contribution in [0.4, 0.5) is 0 Å². The number of nitrogens with zero attached hydrogens (tertiary/aromatic N) is 2. The number of hydrogen-bond acceptors (Lipinski definition) is 3. The summed E-state index contributed by atoms with van der Waals surface area (Å²) in [6.45, 7) is 4.89. The van der Waals surface area contributed by atoms with Gasteiger partial charge in [-0.25, -0.2) is 4.98 Å². The number of imidazole rings is 1. The maximum Gasteiger partial charge on any atom is 0.134 e. The maximum absolute atomic E-state index is 5.88. The zero-order valence-electron chi connectivity index (χ0n) is 12.8. The molecule has 0 saturated carbocycles. The van der Waals surface area contributed by atoms with Crippen LogP contribution >= 0.6 is 0 Å². The van der Waals surface area contributed by atoms with Gasteiger partial charge in [-0.15, -0.1) is 0 Å². The largest absolute Gasteiger partial charge is 0.460 e. The van der Waals surface area contributed by atoms with E-state index in [-0.39, 0.29) is 0 Å². The predicted octanol–water partition coefficient (Wildman–Crippen LogP) is 3.57. The highest BCUT2D eigenvalue weighted by Gasteiger charge is 2.06. The predicted molar refractivity (Wildman–Crippen MR) is 87.2 cm³/mol. The Morgan fingerprint density at radius 3 is 2.82 bits per heavy atom. The molecule has 1 atom stereocenters. The second-order valence-corrected chi connectivity index (χ2v) is 5.63. The molecule has 2 aromatic heterocycles. The van der Waals surface area contributed by atoms with Crippen LogP contribution in [0.2, 0.25) is 0 Å². The van der Waals surface area contributed by atoms with Crippen molar-refractivity contribution >= 4 is 0 Å². The van der Waals surface area contributed by atoms with Crippen LogP contribution in [0, 0.1) is 5.92 Å². The van der Waals surface area contributed by atoms with Crippen LogP contribution in [0.1, 0.15) is 12.7 Å². The number of benzene rings is 1. The van der Waals surface area contributed by atoms with Crippen LogP contribution in [0.3, 0.4) is 0 Å². The molecule has 0 amide bonds. The maximum atomic E-state index is 5.88. The Hall–Kier alpha value is -2.33. The molecule has 22 heavy (non-hydrogen) atoms. The lowest BCUT2D eigenvalue weighted by atomic mass is 10.2. The summed E-state index contributed by atoms with van der Waals surface area (Å²) >= 11 is 0. The molecule has 0 bridgehead atoms. The lowest BCUT2D eigenvalue weighted by Gasteiger charge is -2.12. The van der Waals surface area contributed by atoms with Crippen LogP contribution in [0.5, 0.6) is 0 Å².